The van der Waals surface area contributed by atoms with Gasteiger partial charge in [-0.05, 0) is 69.6 Å². The van der Waals surface area contributed by atoms with E-state index in [1.807, 2.05) is 0 Å². The Labute approximate surface area is 235 Å². The molecule has 3 aliphatic carbocycles. The lowest BCUT2D eigenvalue weighted by Gasteiger charge is -2.52. The van der Waals surface area contributed by atoms with Gasteiger partial charge in [0.05, 0.1) is 17.5 Å². The van der Waals surface area contributed by atoms with Crippen LogP contribution in [-0.4, -0.2) is 75.7 Å². The first-order valence-electron chi connectivity index (χ1n) is 13.1. The molecule has 10 heteroatoms. The number of hydrogen-bond donors (Lipinski definition) is 3. The maximum Gasteiger partial charge on any atom is 0.235 e. The average Bonchev–Trinajstić information content (AvgIpc) is 2.90. The van der Waals surface area contributed by atoms with Gasteiger partial charge in [-0.2, -0.15) is 0 Å². The fraction of sp³-hybridized carbons (Fsp3) is 0.355. The second-order valence-corrected chi connectivity index (χ2v) is 11.2. The number of aliphatic hydroxyl groups is 1. The molecule has 3 aliphatic rings. The predicted octanol–water partition coefficient (Wildman–Crippen LogP) is 0.469. The van der Waals surface area contributed by atoms with E-state index in [9.17, 15) is 39.0 Å². The Kier molecular flexibility index (Phi) is 6.76. The standard InChI is InChI=1S/C31H28N2O8/c1-14(34)16-7-4-15(5-8-16)6-9-17-10-11-21(35)23-19(17)12-18-13-20-25(33(2)3)27(37)24(30(32)40)29(39)31(20,41)28(38)22(18)26(23)36/h4-5,7-8,10-11,18,20,22,24-25,35,41H,12-13H2,1-3H3,(H2,32,40). The second kappa shape index (κ2) is 9.87. The fourth-order valence-electron chi connectivity index (χ4n) is 6.65. The predicted molar refractivity (Wildman–Crippen MR) is 144 cm³/mol. The van der Waals surface area contributed by atoms with Gasteiger partial charge in [-0.3, -0.25) is 33.7 Å². The van der Waals surface area contributed by atoms with Gasteiger partial charge in [-0.25, -0.2) is 0 Å². The van der Waals surface area contributed by atoms with Crippen molar-refractivity contribution in [3.8, 4) is 17.6 Å². The number of ketones is 5. The summed E-state index contributed by atoms with van der Waals surface area (Å²) in [6, 6.07) is 8.37. The van der Waals surface area contributed by atoms with E-state index in [0.29, 0.717) is 22.3 Å². The molecule has 6 atom stereocenters. The normalized spacial score (nSPS) is 28.8. The van der Waals surface area contributed by atoms with E-state index in [4.69, 9.17) is 5.73 Å². The molecule has 0 spiro atoms. The summed E-state index contributed by atoms with van der Waals surface area (Å²) in [6.45, 7) is 1.46. The Morgan fingerprint density at radius 3 is 2.24 bits per heavy atom. The number of Topliss-reactive ketones (excluding diaryl/α,β-unsaturated/α-hetero) is 5. The molecule has 0 radical (unpaired) electrons. The molecule has 0 bridgehead atoms. The van der Waals surface area contributed by atoms with Gasteiger partial charge in [0, 0.05) is 22.6 Å². The lowest BCUT2D eigenvalue weighted by Crippen LogP contribution is -2.74. The van der Waals surface area contributed by atoms with Gasteiger partial charge < -0.3 is 15.9 Å². The van der Waals surface area contributed by atoms with E-state index in [-0.39, 0.29) is 29.9 Å². The monoisotopic (exact) mass is 556 g/mol. The number of amides is 1. The van der Waals surface area contributed by atoms with Crippen molar-refractivity contribution in [1.82, 2.24) is 4.90 Å². The summed E-state index contributed by atoms with van der Waals surface area (Å²) in [6.07, 6.45) is 0.0758. The molecule has 0 saturated heterocycles. The number of primary amides is 1. The zero-order valence-corrected chi connectivity index (χ0v) is 22.6. The number of carbonyl (C=O) groups excluding carboxylic acids is 6. The summed E-state index contributed by atoms with van der Waals surface area (Å²) < 4.78 is 0. The minimum absolute atomic E-state index is 0.0427. The minimum Gasteiger partial charge on any atom is -0.507 e. The molecular formula is C31H28N2O8. The highest BCUT2D eigenvalue weighted by molar-refractivity contribution is 6.32. The first-order valence-corrected chi connectivity index (χ1v) is 13.1. The van der Waals surface area contributed by atoms with Crippen molar-refractivity contribution in [2.45, 2.75) is 31.4 Å². The average molecular weight is 557 g/mol. The third-order valence-electron chi connectivity index (χ3n) is 8.58. The number of fused-ring (bicyclic) bond motifs is 3. The van der Waals surface area contributed by atoms with Gasteiger partial charge in [-0.1, -0.05) is 24.0 Å². The third kappa shape index (κ3) is 4.20. The molecule has 5 rings (SSSR count). The van der Waals surface area contributed by atoms with Crippen LogP contribution < -0.4 is 5.73 Å². The molecule has 0 aliphatic heterocycles. The molecular weight excluding hydrogens is 528 g/mol. The first kappa shape index (κ1) is 28.1. The van der Waals surface area contributed by atoms with E-state index < -0.39 is 64.4 Å². The number of rotatable bonds is 3. The summed E-state index contributed by atoms with van der Waals surface area (Å²) in [5, 5.41) is 22.3. The number of nitrogens with zero attached hydrogens (tertiary/aromatic N) is 1. The Hall–Kier alpha value is -4.46. The number of hydrogen-bond acceptors (Lipinski definition) is 9. The van der Waals surface area contributed by atoms with Crippen molar-refractivity contribution in [3.05, 3.63) is 64.2 Å². The SMILES string of the molecule is CC(=O)c1ccc(C#Cc2ccc(O)c3c2CC2CC4C(N(C)C)C(=O)C(C(N)=O)C(=O)C4(O)C(=O)C2C3=O)cc1. The summed E-state index contributed by atoms with van der Waals surface area (Å²) in [5.41, 5.74) is 4.48. The molecule has 210 valence electrons. The van der Waals surface area contributed by atoms with Gasteiger partial charge >= 0.3 is 0 Å². The van der Waals surface area contributed by atoms with Crippen molar-refractivity contribution < 1.29 is 39.0 Å². The Morgan fingerprint density at radius 1 is 1.00 bits per heavy atom. The van der Waals surface area contributed by atoms with Gasteiger partial charge in [0.25, 0.3) is 0 Å². The summed E-state index contributed by atoms with van der Waals surface area (Å²) in [4.78, 5) is 79.2. The molecule has 0 aromatic heterocycles. The number of carbonyl (C=O) groups is 6. The van der Waals surface area contributed by atoms with Gasteiger partial charge in [0.15, 0.2) is 40.4 Å². The smallest absolute Gasteiger partial charge is 0.235 e. The Balaban J connectivity index is 1.58. The Bertz CT molecular complexity index is 1610. The van der Waals surface area contributed by atoms with Crippen molar-refractivity contribution in [1.29, 1.82) is 0 Å². The largest absolute Gasteiger partial charge is 0.507 e. The lowest BCUT2D eigenvalue weighted by atomic mass is 9.52. The maximum absolute atomic E-state index is 13.9. The quantitative estimate of drug-likeness (QED) is 0.276. The number of phenols is 1. The molecule has 2 fully saturated rings. The molecule has 10 nitrogen and oxygen atoms in total. The molecule has 41 heavy (non-hydrogen) atoms. The molecule has 0 heterocycles. The number of likely N-dealkylation sites (N-methyl/N-ethyl adjacent to an activating group) is 1. The van der Waals surface area contributed by atoms with Crippen LogP contribution in [0.4, 0.5) is 0 Å². The highest BCUT2D eigenvalue weighted by Gasteiger charge is 2.69. The zero-order valence-electron chi connectivity index (χ0n) is 22.6. The van der Waals surface area contributed by atoms with Crippen LogP contribution >= 0.6 is 0 Å². The minimum atomic E-state index is -2.77. The first-order chi connectivity index (χ1) is 19.3. The van der Waals surface area contributed by atoms with Gasteiger partial charge in [0.2, 0.25) is 5.91 Å². The van der Waals surface area contributed by atoms with E-state index in [1.54, 1.807) is 30.3 Å². The highest BCUT2D eigenvalue weighted by Crippen LogP contribution is 2.50. The van der Waals surface area contributed by atoms with Crippen LogP contribution in [0.1, 0.15) is 50.8 Å². The van der Waals surface area contributed by atoms with Crippen molar-refractivity contribution in [2.24, 2.45) is 29.4 Å². The number of nitrogens with two attached hydrogens (primary N) is 1. The topological polar surface area (TPSA) is 172 Å². The van der Waals surface area contributed by atoms with Crippen LogP contribution in [0.15, 0.2) is 36.4 Å². The van der Waals surface area contributed by atoms with Crippen LogP contribution in [-0.2, 0) is 25.6 Å². The van der Waals surface area contributed by atoms with Crippen molar-refractivity contribution in [2.75, 3.05) is 14.1 Å². The summed E-state index contributed by atoms with van der Waals surface area (Å²) >= 11 is 0. The zero-order chi connectivity index (χ0) is 30.0. The fourth-order valence-corrected chi connectivity index (χ4v) is 6.65. The third-order valence-corrected chi connectivity index (χ3v) is 8.58. The summed E-state index contributed by atoms with van der Waals surface area (Å²) in [5.74, 6) is -5.06. The second-order valence-electron chi connectivity index (χ2n) is 11.2. The molecule has 1 amide bonds. The van der Waals surface area contributed by atoms with E-state index in [0.717, 1.165) is 0 Å². The lowest BCUT2D eigenvalue weighted by molar-refractivity contribution is -0.181. The van der Waals surface area contributed by atoms with Crippen LogP contribution in [0.2, 0.25) is 0 Å². The highest BCUT2D eigenvalue weighted by atomic mass is 16.3. The molecule has 4 N–H and O–H groups in total. The van der Waals surface area contributed by atoms with Crippen LogP contribution in [0.3, 0.4) is 0 Å². The Morgan fingerprint density at radius 2 is 1.66 bits per heavy atom. The van der Waals surface area contributed by atoms with Crippen LogP contribution in [0.25, 0.3) is 0 Å². The molecule has 2 aromatic carbocycles. The van der Waals surface area contributed by atoms with E-state index >= 15 is 0 Å². The van der Waals surface area contributed by atoms with Crippen LogP contribution in [0.5, 0.6) is 5.75 Å². The van der Waals surface area contributed by atoms with Crippen molar-refractivity contribution >= 4 is 34.8 Å². The summed E-state index contributed by atoms with van der Waals surface area (Å²) in [7, 11) is 3.06. The molecule has 2 aromatic rings. The van der Waals surface area contributed by atoms with Gasteiger partial charge in [-0.15, -0.1) is 0 Å². The number of benzene rings is 2. The molecule has 6 unspecified atom stereocenters. The maximum atomic E-state index is 13.9. The van der Waals surface area contributed by atoms with Crippen LogP contribution in [0, 0.1) is 35.5 Å². The number of phenolic OH excluding ortho intramolecular Hbond substituents is 1. The van der Waals surface area contributed by atoms with Crippen molar-refractivity contribution in [3.63, 3.8) is 0 Å². The van der Waals surface area contributed by atoms with E-state index in [2.05, 4.69) is 11.8 Å². The number of aromatic hydroxyl groups is 1. The van der Waals surface area contributed by atoms with Gasteiger partial charge in [0.1, 0.15) is 5.75 Å². The van der Waals surface area contributed by atoms with E-state index in [1.165, 1.54) is 32.0 Å². The molecule has 2 saturated carbocycles.